The van der Waals surface area contributed by atoms with E-state index < -0.39 is 5.82 Å². The van der Waals surface area contributed by atoms with E-state index >= 15 is 0 Å². The Balaban J connectivity index is 2.28. The lowest BCUT2D eigenvalue weighted by Gasteiger charge is -2.14. The Bertz CT molecular complexity index is 518. The minimum atomic E-state index is -0.664. The molecule has 0 aromatic heterocycles. The van der Waals surface area contributed by atoms with Crippen LogP contribution in [0.1, 0.15) is 24.0 Å². The van der Waals surface area contributed by atoms with Crippen LogP contribution in [0.15, 0.2) is 18.2 Å². The number of likely N-dealkylation sites (tertiary alicyclic amines) is 1. The Morgan fingerprint density at radius 3 is 2.53 bits per heavy atom. The Hall–Kier alpha value is -2.22. The van der Waals surface area contributed by atoms with Gasteiger partial charge in [0.05, 0.1) is 12.1 Å². The number of nitriles is 1. The quantitative estimate of drug-likeness (QED) is 0.723. The molecule has 4 nitrogen and oxygen atoms in total. The van der Waals surface area contributed by atoms with Crippen LogP contribution in [0, 0.1) is 17.1 Å². The van der Waals surface area contributed by atoms with E-state index in [1.165, 1.54) is 18.2 Å². The second-order valence-electron chi connectivity index (χ2n) is 3.76. The summed E-state index contributed by atoms with van der Waals surface area (Å²) in [5.41, 5.74) is 0.106. The average Bonchev–Trinajstić information content (AvgIpc) is 2.63. The van der Waals surface area contributed by atoms with Gasteiger partial charge >= 0.3 is 0 Å². The van der Waals surface area contributed by atoms with Gasteiger partial charge in [0.2, 0.25) is 11.8 Å². The summed E-state index contributed by atoms with van der Waals surface area (Å²) in [5.74, 6) is -1.25. The average molecular weight is 232 g/mol. The fourth-order valence-corrected chi connectivity index (χ4v) is 1.76. The Labute approximate surface area is 97.3 Å². The molecule has 2 rings (SSSR count). The summed E-state index contributed by atoms with van der Waals surface area (Å²) in [6.45, 7) is -0.0982. The Morgan fingerprint density at radius 1 is 1.29 bits per heavy atom. The molecule has 1 heterocycles. The predicted molar refractivity (Wildman–Crippen MR) is 55.9 cm³/mol. The Morgan fingerprint density at radius 2 is 1.94 bits per heavy atom. The number of amides is 2. The molecule has 5 heteroatoms. The van der Waals surface area contributed by atoms with Crippen molar-refractivity contribution in [3.05, 3.63) is 35.1 Å². The molecule has 0 bridgehead atoms. The van der Waals surface area contributed by atoms with Gasteiger partial charge in [-0.15, -0.1) is 0 Å². The van der Waals surface area contributed by atoms with Crippen molar-refractivity contribution in [1.82, 2.24) is 4.90 Å². The van der Waals surface area contributed by atoms with Crippen LogP contribution in [0.2, 0.25) is 0 Å². The van der Waals surface area contributed by atoms with Gasteiger partial charge in [0, 0.05) is 18.4 Å². The first-order chi connectivity index (χ1) is 8.13. The van der Waals surface area contributed by atoms with Crippen LogP contribution in [0.3, 0.4) is 0 Å². The van der Waals surface area contributed by atoms with Gasteiger partial charge in [-0.05, 0) is 6.07 Å². The number of imide groups is 1. The van der Waals surface area contributed by atoms with E-state index in [1.807, 2.05) is 0 Å². The third kappa shape index (κ3) is 2.02. The molecule has 0 N–H and O–H groups in total. The van der Waals surface area contributed by atoms with Crippen molar-refractivity contribution in [3.63, 3.8) is 0 Å². The molecular weight excluding hydrogens is 223 g/mol. The lowest BCUT2D eigenvalue weighted by Crippen LogP contribution is -2.28. The highest BCUT2D eigenvalue weighted by Crippen LogP contribution is 2.19. The molecule has 0 atom stereocenters. The maximum atomic E-state index is 13.7. The second kappa shape index (κ2) is 4.34. The summed E-state index contributed by atoms with van der Waals surface area (Å²) in [4.78, 5) is 23.8. The number of rotatable bonds is 2. The van der Waals surface area contributed by atoms with Crippen molar-refractivity contribution < 1.29 is 14.0 Å². The van der Waals surface area contributed by atoms with E-state index in [2.05, 4.69) is 0 Å². The van der Waals surface area contributed by atoms with Crippen LogP contribution in [-0.2, 0) is 16.1 Å². The summed E-state index contributed by atoms with van der Waals surface area (Å²) >= 11 is 0. The summed E-state index contributed by atoms with van der Waals surface area (Å²) in [6.07, 6.45) is 0.358. The van der Waals surface area contributed by atoms with Gasteiger partial charge < -0.3 is 0 Å². The molecule has 0 saturated carbocycles. The SMILES string of the molecule is N#Cc1cccc(CN2C(=O)CCC2=O)c1F. The summed E-state index contributed by atoms with van der Waals surface area (Å²) < 4.78 is 13.7. The van der Waals surface area contributed by atoms with E-state index in [1.54, 1.807) is 6.07 Å². The third-order valence-corrected chi connectivity index (χ3v) is 2.68. The zero-order chi connectivity index (χ0) is 12.4. The van der Waals surface area contributed by atoms with Crippen LogP contribution in [0.25, 0.3) is 0 Å². The predicted octanol–water partition coefficient (Wildman–Crippen LogP) is 1.35. The number of hydrogen-bond acceptors (Lipinski definition) is 3. The highest BCUT2D eigenvalue weighted by atomic mass is 19.1. The van der Waals surface area contributed by atoms with Gasteiger partial charge in [0.15, 0.2) is 0 Å². The fourth-order valence-electron chi connectivity index (χ4n) is 1.76. The molecule has 0 radical (unpaired) electrons. The molecule has 1 saturated heterocycles. The first kappa shape index (κ1) is 11.3. The Kier molecular flexibility index (Phi) is 2.88. The van der Waals surface area contributed by atoms with E-state index in [0.717, 1.165) is 4.90 Å². The number of benzene rings is 1. The van der Waals surface area contributed by atoms with Crippen LogP contribution in [0.5, 0.6) is 0 Å². The van der Waals surface area contributed by atoms with Gasteiger partial charge in [-0.2, -0.15) is 5.26 Å². The fraction of sp³-hybridized carbons (Fsp3) is 0.250. The van der Waals surface area contributed by atoms with Crippen LogP contribution in [0.4, 0.5) is 4.39 Å². The topological polar surface area (TPSA) is 61.2 Å². The molecule has 0 aliphatic carbocycles. The van der Waals surface area contributed by atoms with Gasteiger partial charge in [0.1, 0.15) is 11.9 Å². The highest BCUT2D eigenvalue weighted by Gasteiger charge is 2.29. The maximum Gasteiger partial charge on any atom is 0.229 e. The molecule has 86 valence electrons. The van der Waals surface area contributed by atoms with E-state index in [9.17, 15) is 14.0 Å². The number of hydrogen-bond donors (Lipinski definition) is 0. The molecule has 17 heavy (non-hydrogen) atoms. The zero-order valence-electron chi connectivity index (χ0n) is 8.94. The number of carbonyl (C=O) groups excluding carboxylic acids is 2. The number of nitrogens with zero attached hydrogens (tertiary/aromatic N) is 2. The van der Waals surface area contributed by atoms with Gasteiger partial charge in [0.25, 0.3) is 0 Å². The van der Waals surface area contributed by atoms with Crippen molar-refractivity contribution in [1.29, 1.82) is 5.26 Å². The lowest BCUT2D eigenvalue weighted by atomic mass is 10.1. The van der Waals surface area contributed by atoms with Crippen molar-refractivity contribution in [2.45, 2.75) is 19.4 Å². The molecule has 1 aliphatic heterocycles. The highest BCUT2D eigenvalue weighted by molar-refractivity contribution is 6.01. The van der Waals surface area contributed by atoms with E-state index in [-0.39, 0.29) is 42.3 Å². The van der Waals surface area contributed by atoms with Crippen LogP contribution in [-0.4, -0.2) is 16.7 Å². The third-order valence-electron chi connectivity index (χ3n) is 2.68. The molecular formula is C12H9FN2O2. The minimum absolute atomic E-state index is 0.0819. The van der Waals surface area contributed by atoms with Crippen molar-refractivity contribution in [2.75, 3.05) is 0 Å². The first-order valence-corrected chi connectivity index (χ1v) is 5.14. The lowest BCUT2D eigenvalue weighted by molar-refractivity contribution is -0.139. The number of carbonyl (C=O) groups is 2. The molecule has 0 unspecified atom stereocenters. The summed E-state index contributed by atoms with van der Waals surface area (Å²) in [7, 11) is 0. The normalized spacial score (nSPS) is 15.2. The van der Waals surface area contributed by atoms with Gasteiger partial charge in [-0.3, -0.25) is 14.5 Å². The molecule has 1 aliphatic rings. The first-order valence-electron chi connectivity index (χ1n) is 5.14. The monoisotopic (exact) mass is 232 g/mol. The molecule has 2 amide bonds. The van der Waals surface area contributed by atoms with Crippen molar-refractivity contribution >= 4 is 11.8 Å². The van der Waals surface area contributed by atoms with Crippen LogP contribution < -0.4 is 0 Å². The van der Waals surface area contributed by atoms with E-state index in [0.29, 0.717) is 0 Å². The largest absolute Gasteiger partial charge is 0.278 e. The summed E-state index contributed by atoms with van der Waals surface area (Å²) in [6, 6.07) is 6.07. The molecule has 1 fully saturated rings. The number of halogens is 1. The molecule has 1 aromatic rings. The van der Waals surface area contributed by atoms with Crippen molar-refractivity contribution in [3.8, 4) is 6.07 Å². The smallest absolute Gasteiger partial charge is 0.229 e. The van der Waals surface area contributed by atoms with Crippen LogP contribution >= 0.6 is 0 Å². The maximum absolute atomic E-state index is 13.7. The van der Waals surface area contributed by atoms with E-state index in [4.69, 9.17) is 5.26 Å². The summed E-state index contributed by atoms with van der Waals surface area (Å²) in [5, 5.41) is 8.67. The minimum Gasteiger partial charge on any atom is -0.278 e. The standard InChI is InChI=1S/C12H9FN2O2/c13-12-8(6-14)2-1-3-9(12)7-15-10(16)4-5-11(15)17/h1-3H,4-5,7H2. The van der Waals surface area contributed by atoms with Gasteiger partial charge in [-0.1, -0.05) is 12.1 Å². The molecule has 1 aromatic carbocycles. The van der Waals surface area contributed by atoms with Crippen molar-refractivity contribution in [2.24, 2.45) is 0 Å². The zero-order valence-corrected chi connectivity index (χ0v) is 8.94. The van der Waals surface area contributed by atoms with Gasteiger partial charge in [-0.25, -0.2) is 4.39 Å². The second-order valence-corrected chi connectivity index (χ2v) is 3.76. The molecule has 0 spiro atoms.